The summed E-state index contributed by atoms with van der Waals surface area (Å²) in [5, 5.41) is 2.76. The molecule has 8 nitrogen and oxygen atoms in total. The Balaban J connectivity index is 1.93. The number of hydrogen-bond donors (Lipinski definition) is 1. The van der Waals surface area contributed by atoms with Gasteiger partial charge in [0.2, 0.25) is 15.9 Å². The van der Waals surface area contributed by atoms with Gasteiger partial charge in [0.25, 0.3) is 5.91 Å². The van der Waals surface area contributed by atoms with E-state index in [-0.39, 0.29) is 12.5 Å². The first-order valence-corrected chi connectivity index (χ1v) is 11.7. The van der Waals surface area contributed by atoms with Crippen molar-refractivity contribution in [2.75, 3.05) is 44.9 Å². The van der Waals surface area contributed by atoms with E-state index in [9.17, 15) is 18.0 Å². The number of sulfonamides is 1. The predicted molar refractivity (Wildman–Crippen MR) is 121 cm³/mol. The molecule has 0 fully saturated rings. The largest absolute Gasteiger partial charge is 0.497 e. The van der Waals surface area contributed by atoms with Crippen LogP contribution < -0.4 is 14.4 Å². The van der Waals surface area contributed by atoms with Crippen molar-refractivity contribution in [2.24, 2.45) is 0 Å². The Bertz CT molecular complexity index is 987. The van der Waals surface area contributed by atoms with E-state index in [1.165, 1.54) is 17.0 Å². The fourth-order valence-corrected chi connectivity index (χ4v) is 3.78. The Morgan fingerprint density at radius 3 is 2.13 bits per heavy atom. The molecule has 0 saturated carbocycles. The lowest BCUT2D eigenvalue weighted by Crippen LogP contribution is -2.40. The lowest BCUT2D eigenvalue weighted by atomic mass is 10.1. The number of hydrogen-bond acceptors (Lipinski definition) is 5. The number of anilines is 1. The topological polar surface area (TPSA) is 96.0 Å². The van der Waals surface area contributed by atoms with E-state index in [2.05, 4.69) is 5.32 Å². The molecule has 0 spiro atoms. The van der Waals surface area contributed by atoms with Crippen molar-refractivity contribution in [3.63, 3.8) is 0 Å². The van der Waals surface area contributed by atoms with Gasteiger partial charge >= 0.3 is 0 Å². The van der Waals surface area contributed by atoms with Crippen LogP contribution in [0.5, 0.6) is 5.75 Å². The summed E-state index contributed by atoms with van der Waals surface area (Å²) in [6.45, 7) is 0.0983. The molecule has 2 rings (SSSR count). The molecule has 0 aromatic heterocycles. The van der Waals surface area contributed by atoms with E-state index >= 15 is 0 Å². The highest BCUT2D eigenvalue weighted by Gasteiger charge is 2.21. The first-order valence-electron chi connectivity index (χ1n) is 9.81. The van der Waals surface area contributed by atoms with Crippen molar-refractivity contribution in [1.82, 2.24) is 10.2 Å². The highest BCUT2D eigenvalue weighted by Crippen LogP contribution is 2.19. The Kier molecular flexibility index (Phi) is 8.44. The number of carbonyl (C=O) groups excluding carboxylic acids is 2. The number of amides is 2. The third kappa shape index (κ3) is 7.29. The molecular formula is C22H29N3O5S. The molecule has 0 aliphatic carbocycles. The summed E-state index contributed by atoms with van der Waals surface area (Å²) in [7, 11) is 1.21. The van der Waals surface area contributed by atoms with Crippen molar-refractivity contribution in [2.45, 2.75) is 12.8 Å². The zero-order chi connectivity index (χ0) is 23.0. The predicted octanol–water partition coefficient (Wildman–Crippen LogP) is 1.91. The molecule has 0 bridgehead atoms. The Hall–Kier alpha value is -3.07. The minimum absolute atomic E-state index is 0.188. The van der Waals surface area contributed by atoms with Gasteiger partial charge in [-0.1, -0.05) is 12.1 Å². The van der Waals surface area contributed by atoms with E-state index in [0.717, 1.165) is 34.7 Å². The summed E-state index contributed by atoms with van der Waals surface area (Å²) in [6, 6.07) is 13.8. The van der Waals surface area contributed by atoms with Crippen molar-refractivity contribution >= 4 is 27.5 Å². The van der Waals surface area contributed by atoms with Crippen LogP contribution in [0.25, 0.3) is 0 Å². The number of benzene rings is 2. The minimum atomic E-state index is -3.68. The fourth-order valence-electron chi connectivity index (χ4n) is 2.93. The van der Waals surface area contributed by atoms with Gasteiger partial charge in [-0.3, -0.25) is 13.9 Å². The van der Waals surface area contributed by atoms with Crippen LogP contribution in [0.2, 0.25) is 0 Å². The maximum absolute atomic E-state index is 12.3. The highest BCUT2D eigenvalue weighted by atomic mass is 32.2. The number of methoxy groups -OCH3 is 1. The van der Waals surface area contributed by atoms with Crippen LogP contribution in [0.1, 0.15) is 22.3 Å². The van der Waals surface area contributed by atoms with E-state index in [1.54, 1.807) is 33.3 Å². The average molecular weight is 448 g/mol. The van der Waals surface area contributed by atoms with E-state index < -0.39 is 15.9 Å². The SMILES string of the molecule is COc1ccc(CCCNC(=O)CN(c2ccc(C(=O)N(C)C)cc2)S(C)(=O)=O)cc1. The number of ether oxygens (including phenoxy) is 1. The molecule has 31 heavy (non-hydrogen) atoms. The van der Waals surface area contributed by atoms with Gasteiger partial charge in [0.05, 0.1) is 19.1 Å². The minimum Gasteiger partial charge on any atom is -0.497 e. The summed E-state index contributed by atoms with van der Waals surface area (Å²) >= 11 is 0. The summed E-state index contributed by atoms with van der Waals surface area (Å²) < 4.78 is 30.6. The van der Waals surface area contributed by atoms with Gasteiger partial charge in [0.1, 0.15) is 12.3 Å². The van der Waals surface area contributed by atoms with Gasteiger partial charge in [-0.2, -0.15) is 0 Å². The molecule has 2 aromatic carbocycles. The molecule has 0 heterocycles. The molecule has 2 amide bonds. The van der Waals surface area contributed by atoms with Crippen LogP contribution in [0.3, 0.4) is 0 Å². The molecule has 0 radical (unpaired) electrons. The van der Waals surface area contributed by atoms with Crippen molar-refractivity contribution in [3.05, 3.63) is 59.7 Å². The second-order valence-electron chi connectivity index (χ2n) is 7.32. The van der Waals surface area contributed by atoms with E-state index in [0.29, 0.717) is 17.8 Å². The van der Waals surface area contributed by atoms with Gasteiger partial charge in [-0.25, -0.2) is 8.42 Å². The van der Waals surface area contributed by atoms with Crippen LogP contribution in [0.4, 0.5) is 5.69 Å². The van der Waals surface area contributed by atoms with E-state index in [4.69, 9.17) is 4.74 Å². The second-order valence-corrected chi connectivity index (χ2v) is 9.22. The summed E-state index contributed by atoms with van der Waals surface area (Å²) in [4.78, 5) is 25.8. The molecule has 0 saturated heterocycles. The molecule has 0 aliphatic rings. The van der Waals surface area contributed by atoms with Crippen molar-refractivity contribution in [1.29, 1.82) is 0 Å². The maximum Gasteiger partial charge on any atom is 0.253 e. The number of carbonyl (C=O) groups is 2. The Morgan fingerprint density at radius 1 is 1.00 bits per heavy atom. The lowest BCUT2D eigenvalue weighted by molar-refractivity contribution is -0.119. The first-order chi connectivity index (χ1) is 14.6. The molecule has 9 heteroatoms. The third-order valence-corrected chi connectivity index (χ3v) is 5.76. The monoisotopic (exact) mass is 447 g/mol. The van der Waals surface area contributed by atoms with Gasteiger partial charge in [0.15, 0.2) is 0 Å². The number of rotatable bonds is 10. The van der Waals surface area contributed by atoms with Gasteiger partial charge in [-0.15, -0.1) is 0 Å². The first kappa shape index (κ1) is 24.2. The van der Waals surface area contributed by atoms with Crippen LogP contribution in [-0.4, -0.2) is 65.7 Å². The normalized spacial score (nSPS) is 11.0. The van der Waals surface area contributed by atoms with E-state index in [1.807, 2.05) is 24.3 Å². The molecule has 0 atom stereocenters. The highest BCUT2D eigenvalue weighted by molar-refractivity contribution is 7.92. The van der Waals surface area contributed by atoms with Crippen molar-refractivity contribution < 1.29 is 22.7 Å². The molecule has 0 aliphatic heterocycles. The molecule has 0 unspecified atom stereocenters. The number of aryl methyl sites for hydroxylation is 1. The van der Waals surface area contributed by atoms with Crippen molar-refractivity contribution in [3.8, 4) is 5.75 Å². The smallest absolute Gasteiger partial charge is 0.253 e. The second kappa shape index (κ2) is 10.8. The number of nitrogens with zero attached hydrogens (tertiary/aromatic N) is 2. The Labute approximate surface area is 183 Å². The summed E-state index contributed by atoms with van der Waals surface area (Å²) in [6.07, 6.45) is 2.54. The summed E-state index contributed by atoms with van der Waals surface area (Å²) in [5.41, 5.74) is 1.89. The van der Waals surface area contributed by atoms with Crippen LogP contribution in [0, 0.1) is 0 Å². The maximum atomic E-state index is 12.3. The summed E-state index contributed by atoms with van der Waals surface area (Å²) in [5.74, 6) is 0.206. The van der Waals surface area contributed by atoms with Gasteiger partial charge < -0.3 is 15.0 Å². The average Bonchev–Trinajstić information content (AvgIpc) is 2.74. The standard InChI is InChI=1S/C22H29N3O5S/c1-24(2)22(27)18-9-11-19(12-10-18)25(31(4,28)29)16-21(26)23-15-5-6-17-7-13-20(30-3)14-8-17/h7-14H,5-6,15-16H2,1-4H3,(H,23,26). The zero-order valence-corrected chi connectivity index (χ0v) is 19.1. The fraction of sp³-hybridized carbons (Fsp3) is 0.364. The van der Waals surface area contributed by atoms with Gasteiger partial charge in [0, 0.05) is 26.2 Å². The van der Waals surface area contributed by atoms with Gasteiger partial charge in [-0.05, 0) is 54.8 Å². The Morgan fingerprint density at radius 2 is 1.61 bits per heavy atom. The number of nitrogens with one attached hydrogen (secondary N) is 1. The van der Waals surface area contributed by atoms with Crippen LogP contribution in [0.15, 0.2) is 48.5 Å². The molecule has 168 valence electrons. The third-order valence-electron chi connectivity index (χ3n) is 4.62. The quantitative estimate of drug-likeness (QED) is 0.562. The molecule has 2 aromatic rings. The van der Waals surface area contributed by atoms with Crippen LogP contribution in [-0.2, 0) is 21.2 Å². The molecular weight excluding hydrogens is 418 g/mol. The van der Waals surface area contributed by atoms with Crippen LogP contribution >= 0.6 is 0 Å². The molecule has 1 N–H and O–H groups in total. The lowest BCUT2D eigenvalue weighted by Gasteiger charge is -2.22. The zero-order valence-electron chi connectivity index (χ0n) is 18.3.